The fourth-order valence-electron chi connectivity index (χ4n) is 0.752. The minimum absolute atomic E-state index is 0.292. The Hall–Kier alpha value is -1.79. The average molecular weight is 169 g/mol. The van der Waals surface area contributed by atoms with Crippen LogP contribution in [0.3, 0.4) is 0 Å². The summed E-state index contributed by atoms with van der Waals surface area (Å²) < 4.78 is 1.80. The lowest BCUT2D eigenvalue weighted by molar-refractivity contribution is 0.600. The molecule has 0 unspecified atom stereocenters. The Labute approximate surface area is 66.8 Å². The second-order valence-corrected chi connectivity index (χ2v) is 2.21. The molecule has 1 aromatic rings. The van der Waals surface area contributed by atoms with Crippen LogP contribution in [0, 0.1) is 5.53 Å². The fourth-order valence-corrected chi connectivity index (χ4v) is 0.752. The lowest BCUT2D eigenvalue weighted by atomic mass is 10.7. The third-order valence-corrected chi connectivity index (χ3v) is 1.41. The zero-order valence-corrected chi connectivity index (χ0v) is 6.61. The van der Waals surface area contributed by atoms with Crippen molar-refractivity contribution in [3.05, 3.63) is 20.8 Å². The molecule has 0 aliphatic carbocycles. The summed E-state index contributed by atoms with van der Waals surface area (Å²) in [5.41, 5.74) is 5.39. The Kier molecular flexibility index (Phi) is 1.86. The molecule has 12 heavy (non-hydrogen) atoms. The van der Waals surface area contributed by atoms with Crippen molar-refractivity contribution in [3.8, 4) is 0 Å². The van der Waals surface area contributed by atoms with Crippen LogP contribution in [-0.4, -0.2) is 14.3 Å². The number of nitrogens with zero attached hydrogens (tertiary/aromatic N) is 4. The monoisotopic (exact) mass is 169 g/mol. The normalized spacial score (nSPS) is 9.83. The van der Waals surface area contributed by atoms with E-state index in [1.807, 2.05) is 0 Å². The van der Waals surface area contributed by atoms with Gasteiger partial charge in [-0.25, -0.2) is 15.0 Å². The van der Waals surface area contributed by atoms with Crippen molar-refractivity contribution in [1.29, 1.82) is 5.53 Å². The van der Waals surface area contributed by atoms with Crippen molar-refractivity contribution in [2.75, 3.05) is 0 Å². The molecule has 0 bridgehead atoms. The van der Waals surface area contributed by atoms with Crippen molar-refractivity contribution in [1.82, 2.24) is 14.3 Å². The van der Waals surface area contributed by atoms with E-state index in [-0.39, 0.29) is 5.82 Å². The average Bonchev–Trinajstić information content (AvgIpc) is 2.08. The first-order chi connectivity index (χ1) is 5.57. The molecule has 0 aliphatic heterocycles. The molecule has 0 spiro atoms. The largest absolute Gasteiger partial charge is 0.346 e. The summed E-state index contributed by atoms with van der Waals surface area (Å²) in [7, 11) is 2.69. The maximum Gasteiger partial charge on any atom is 0.346 e. The van der Waals surface area contributed by atoms with Gasteiger partial charge in [0.1, 0.15) is 0 Å². The highest BCUT2D eigenvalue weighted by atomic mass is 16.2. The minimum Gasteiger partial charge on any atom is -0.265 e. The highest BCUT2D eigenvalue weighted by Gasteiger charge is 2.05. The molecule has 1 aromatic heterocycles. The SMILES string of the molecule is Cn1nc(N=N)c(=O)n(C)c1=O. The van der Waals surface area contributed by atoms with Crippen LogP contribution in [0.25, 0.3) is 0 Å². The second-order valence-electron chi connectivity index (χ2n) is 2.21. The second kappa shape index (κ2) is 2.68. The number of rotatable bonds is 1. The standard InChI is InChI=1S/C5H7N5O2/c1-9-4(11)3(7-6)8-10(2)5(9)12/h6H,1-2H3. The smallest absolute Gasteiger partial charge is 0.265 e. The molecule has 1 heterocycles. The number of hydrogen-bond donors (Lipinski definition) is 1. The lowest BCUT2D eigenvalue weighted by Gasteiger charge is -1.99. The molecule has 0 atom stereocenters. The van der Waals surface area contributed by atoms with Crippen molar-refractivity contribution >= 4 is 5.82 Å². The molecule has 0 saturated heterocycles. The Balaban J connectivity index is 3.73. The Bertz CT molecular complexity index is 428. The number of hydrogen-bond acceptors (Lipinski definition) is 5. The van der Waals surface area contributed by atoms with Crippen LogP contribution in [0.2, 0.25) is 0 Å². The van der Waals surface area contributed by atoms with Crippen LogP contribution < -0.4 is 11.2 Å². The van der Waals surface area contributed by atoms with E-state index in [1.165, 1.54) is 14.1 Å². The lowest BCUT2D eigenvalue weighted by Crippen LogP contribution is -2.38. The van der Waals surface area contributed by atoms with Gasteiger partial charge in [-0.3, -0.25) is 9.36 Å². The van der Waals surface area contributed by atoms with Gasteiger partial charge in [-0.05, 0) is 0 Å². The van der Waals surface area contributed by atoms with Gasteiger partial charge in [0, 0.05) is 14.1 Å². The van der Waals surface area contributed by atoms with Crippen LogP contribution in [0.15, 0.2) is 14.7 Å². The molecule has 7 heteroatoms. The van der Waals surface area contributed by atoms with Gasteiger partial charge in [-0.1, -0.05) is 0 Å². The third kappa shape index (κ3) is 1.04. The predicted molar refractivity (Wildman–Crippen MR) is 39.5 cm³/mol. The highest BCUT2D eigenvalue weighted by Crippen LogP contribution is 1.91. The Morgan fingerprint density at radius 2 is 2.00 bits per heavy atom. The van der Waals surface area contributed by atoms with Crippen molar-refractivity contribution in [2.24, 2.45) is 19.2 Å². The molecule has 0 radical (unpaired) electrons. The first-order valence-electron chi connectivity index (χ1n) is 3.09. The number of aromatic nitrogens is 3. The zero-order valence-electron chi connectivity index (χ0n) is 6.61. The first-order valence-corrected chi connectivity index (χ1v) is 3.09. The van der Waals surface area contributed by atoms with Gasteiger partial charge in [0.25, 0.3) is 5.82 Å². The van der Waals surface area contributed by atoms with Gasteiger partial charge in [0.05, 0.1) is 0 Å². The van der Waals surface area contributed by atoms with Gasteiger partial charge in [-0.15, -0.1) is 10.2 Å². The summed E-state index contributed by atoms with van der Waals surface area (Å²) >= 11 is 0. The molecule has 0 amide bonds. The maximum atomic E-state index is 11.0. The highest BCUT2D eigenvalue weighted by molar-refractivity contribution is 5.17. The van der Waals surface area contributed by atoms with Crippen molar-refractivity contribution in [3.63, 3.8) is 0 Å². The van der Waals surface area contributed by atoms with E-state index in [2.05, 4.69) is 10.2 Å². The van der Waals surface area contributed by atoms with E-state index in [9.17, 15) is 9.59 Å². The maximum absolute atomic E-state index is 11.0. The van der Waals surface area contributed by atoms with E-state index in [1.54, 1.807) is 0 Å². The van der Waals surface area contributed by atoms with E-state index in [0.29, 0.717) is 0 Å². The molecular weight excluding hydrogens is 162 g/mol. The fraction of sp³-hybridized carbons (Fsp3) is 0.400. The Morgan fingerprint density at radius 1 is 1.42 bits per heavy atom. The van der Waals surface area contributed by atoms with Gasteiger partial charge < -0.3 is 0 Å². The molecule has 7 nitrogen and oxygen atoms in total. The van der Waals surface area contributed by atoms with E-state index >= 15 is 0 Å². The van der Waals surface area contributed by atoms with Crippen molar-refractivity contribution < 1.29 is 0 Å². The van der Waals surface area contributed by atoms with Gasteiger partial charge in [0.15, 0.2) is 0 Å². The molecule has 0 fully saturated rings. The molecule has 0 aromatic carbocycles. The van der Waals surface area contributed by atoms with Gasteiger partial charge in [-0.2, -0.15) is 0 Å². The van der Waals surface area contributed by atoms with E-state index in [4.69, 9.17) is 5.53 Å². The zero-order chi connectivity index (χ0) is 9.30. The van der Waals surface area contributed by atoms with Crippen LogP contribution >= 0.6 is 0 Å². The molecule has 1 N–H and O–H groups in total. The summed E-state index contributed by atoms with van der Waals surface area (Å²) in [6.07, 6.45) is 0. The molecule has 0 aliphatic rings. The van der Waals surface area contributed by atoms with Crippen LogP contribution in [0.4, 0.5) is 5.82 Å². The Morgan fingerprint density at radius 3 is 2.50 bits per heavy atom. The predicted octanol–water partition coefficient (Wildman–Crippen LogP) is -0.859. The quantitative estimate of drug-likeness (QED) is 0.554. The van der Waals surface area contributed by atoms with Gasteiger partial charge >= 0.3 is 11.2 Å². The third-order valence-electron chi connectivity index (χ3n) is 1.41. The van der Waals surface area contributed by atoms with E-state index in [0.717, 1.165) is 9.25 Å². The number of aryl methyl sites for hydroxylation is 1. The molecule has 0 saturated carbocycles. The topological polar surface area (TPSA) is 93.1 Å². The summed E-state index contributed by atoms with van der Waals surface area (Å²) in [4.78, 5) is 22.1. The van der Waals surface area contributed by atoms with Crippen molar-refractivity contribution in [2.45, 2.75) is 0 Å². The summed E-state index contributed by atoms with van der Waals surface area (Å²) in [6.45, 7) is 0. The molecular formula is C5H7N5O2. The van der Waals surface area contributed by atoms with Crippen LogP contribution in [0.1, 0.15) is 0 Å². The van der Waals surface area contributed by atoms with Gasteiger partial charge in [0.2, 0.25) is 0 Å². The summed E-state index contributed by atoms with van der Waals surface area (Å²) in [6, 6.07) is 0. The summed E-state index contributed by atoms with van der Waals surface area (Å²) in [5.74, 6) is -0.292. The summed E-state index contributed by atoms with van der Waals surface area (Å²) in [5, 5.41) is 6.35. The van der Waals surface area contributed by atoms with Crippen LogP contribution in [0.5, 0.6) is 0 Å². The van der Waals surface area contributed by atoms with E-state index < -0.39 is 11.2 Å². The number of nitrogens with one attached hydrogen (secondary N) is 1. The van der Waals surface area contributed by atoms with Crippen LogP contribution in [-0.2, 0) is 14.1 Å². The minimum atomic E-state index is -0.659. The molecule has 64 valence electrons. The first kappa shape index (κ1) is 8.31. The molecule has 1 rings (SSSR count).